The fraction of sp³-hybridized carbons (Fsp3) is 0.222. The molecule has 0 fully saturated rings. The zero-order chi connectivity index (χ0) is 14.5. The first-order valence-electron chi connectivity index (χ1n) is 6.82. The van der Waals surface area contributed by atoms with Crippen molar-refractivity contribution in [3.05, 3.63) is 71.1 Å². The van der Waals surface area contributed by atoms with Crippen LogP contribution in [-0.2, 0) is 6.54 Å². The van der Waals surface area contributed by atoms with E-state index in [2.05, 4.69) is 13.0 Å². The molecule has 0 atom stereocenters. The highest BCUT2D eigenvalue weighted by atomic mass is 16.1. The molecule has 1 heterocycles. The highest BCUT2D eigenvalue weighted by molar-refractivity contribution is 5.95. The molecular weight excluding hydrogens is 246 g/mol. The van der Waals surface area contributed by atoms with E-state index in [1.807, 2.05) is 67.2 Å². The molecule has 2 nitrogen and oxygen atoms in total. The van der Waals surface area contributed by atoms with E-state index in [4.69, 9.17) is 0 Å². The number of carbonyl (C=O) groups is 1. The van der Waals surface area contributed by atoms with E-state index in [1.54, 1.807) is 0 Å². The van der Waals surface area contributed by atoms with E-state index in [0.717, 1.165) is 11.1 Å². The fourth-order valence-electron chi connectivity index (χ4n) is 2.08. The highest BCUT2D eigenvalue weighted by Gasteiger charge is 2.12. The normalized spacial score (nSPS) is 10.9. The van der Waals surface area contributed by atoms with Gasteiger partial charge in [0, 0.05) is 17.2 Å². The molecule has 0 radical (unpaired) electrons. The van der Waals surface area contributed by atoms with Crippen LogP contribution < -0.4 is 4.57 Å². The van der Waals surface area contributed by atoms with Gasteiger partial charge in [0.2, 0.25) is 12.3 Å². The lowest BCUT2D eigenvalue weighted by atomic mass is 10.1. The third kappa shape index (κ3) is 3.41. The zero-order valence-electron chi connectivity index (χ0n) is 12.3. The van der Waals surface area contributed by atoms with Gasteiger partial charge in [-0.1, -0.05) is 42.0 Å². The third-order valence-corrected chi connectivity index (χ3v) is 3.32. The summed E-state index contributed by atoms with van der Waals surface area (Å²) in [7, 11) is 0. The summed E-state index contributed by atoms with van der Waals surface area (Å²) >= 11 is 0. The van der Waals surface area contributed by atoms with Gasteiger partial charge in [-0.3, -0.25) is 4.79 Å². The molecule has 0 bridgehead atoms. The van der Waals surface area contributed by atoms with Crippen molar-refractivity contribution in [1.82, 2.24) is 0 Å². The topological polar surface area (TPSA) is 20.9 Å². The minimum atomic E-state index is 0.130. The number of aryl methyl sites for hydroxylation is 2. The Labute approximate surface area is 120 Å². The second-order valence-corrected chi connectivity index (χ2v) is 5.04. The van der Waals surface area contributed by atoms with Crippen LogP contribution in [-0.4, -0.2) is 5.78 Å². The molecule has 1 aromatic heterocycles. The van der Waals surface area contributed by atoms with Gasteiger partial charge < -0.3 is 0 Å². The summed E-state index contributed by atoms with van der Waals surface area (Å²) in [4.78, 5) is 12.2. The molecule has 0 N–H and O–H groups in total. The SMILES string of the molecule is C/C=C\c1c[n+](CC(=O)c2ccc(C)cc2)ccc1C. The Balaban J connectivity index is 2.19. The lowest BCUT2D eigenvalue weighted by Crippen LogP contribution is -2.37. The van der Waals surface area contributed by atoms with Crippen LogP contribution >= 0.6 is 0 Å². The number of hydrogen-bond acceptors (Lipinski definition) is 1. The summed E-state index contributed by atoms with van der Waals surface area (Å²) in [5.74, 6) is 0.130. The standard InChI is InChI=1S/C18H20NO/c1-4-5-17-12-19(11-10-15(17)3)13-18(20)16-8-6-14(2)7-9-16/h4-12H,13H2,1-3H3/q+1/b5-4-. The summed E-state index contributed by atoms with van der Waals surface area (Å²) in [6, 6.07) is 9.76. The minimum Gasteiger partial charge on any atom is -0.287 e. The molecular formula is C18H20NO+. The summed E-state index contributed by atoms with van der Waals surface area (Å²) in [6.45, 7) is 6.45. The first-order valence-corrected chi connectivity index (χ1v) is 6.82. The van der Waals surface area contributed by atoms with Crippen LogP contribution in [0.25, 0.3) is 6.08 Å². The maximum atomic E-state index is 12.2. The van der Waals surface area contributed by atoms with Crippen LogP contribution in [0.4, 0.5) is 0 Å². The fourth-order valence-corrected chi connectivity index (χ4v) is 2.08. The number of carbonyl (C=O) groups excluding carboxylic acids is 1. The van der Waals surface area contributed by atoms with Crippen molar-refractivity contribution in [2.45, 2.75) is 27.3 Å². The van der Waals surface area contributed by atoms with Crippen LogP contribution in [0.1, 0.15) is 34.0 Å². The molecule has 2 aromatic rings. The summed E-state index contributed by atoms with van der Waals surface area (Å²) in [5.41, 5.74) is 4.28. The van der Waals surface area contributed by atoms with Gasteiger partial charge in [0.1, 0.15) is 0 Å². The predicted octanol–water partition coefficient (Wildman–Crippen LogP) is 3.51. The number of benzene rings is 1. The number of hydrogen-bond donors (Lipinski definition) is 0. The van der Waals surface area contributed by atoms with Crippen molar-refractivity contribution in [1.29, 1.82) is 0 Å². The molecule has 0 saturated carbocycles. The van der Waals surface area contributed by atoms with Gasteiger partial charge in [-0.05, 0) is 26.3 Å². The second kappa shape index (κ2) is 6.29. The molecule has 1 aromatic carbocycles. The Morgan fingerprint density at radius 1 is 1.15 bits per heavy atom. The molecule has 0 amide bonds. The molecule has 0 unspecified atom stereocenters. The van der Waals surface area contributed by atoms with Gasteiger partial charge >= 0.3 is 0 Å². The van der Waals surface area contributed by atoms with Crippen molar-refractivity contribution in [3.8, 4) is 0 Å². The molecule has 0 spiro atoms. The molecule has 20 heavy (non-hydrogen) atoms. The highest BCUT2D eigenvalue weighted by Crippen LogP contribution is 2.07. The summed E-state index contributed by atoms with van der Waals surface area (Å²) in [6.07, 6.45) is 8.03. The number of nitrogens with zero attached hydrogens (tertiary/aromatic N) is 1. The third-order valence-electron chi connectivity index (χ3n) is 3.32. The van der Waals surface area contributed by atoms with Gasteiger partial charge in [-0.2, -0.15) is 4.57 Å². The Hall–Kier alpha value is -2.22. The smallest absolute Gasteiger partial charge is 0.227 e. The number of pyridine rings is 1. The lowest BCUT2D eigenvalue weighted by Gasteiger charge is -2.02. The Morgan fingerprint density at radius 3 is 2.50 bits per heavy atom. The van der Waals surface area contributed by atoms with Crippen LogP contribution in [0, 0.1) is 13.8 Å². The van der Waals surface area contributed by atoms with Crippen LogP contribution in [0.2, 0.25) is 0 Å². The predicted molar refractivity (Wildman–Crippen MR) is 81.6 cm³/mol. The van der Waals surface area contributed by atoms with Crippen molar-refractivity contribution >= 4 is 11.9 Å². The number of rotatable bonds is 4. The number of Topliss-reactive ketones (excluding diaryl/α,β-unsaturated/α-hetero) is 1. The van der Waals surface area contributed by atoms with Gasteiger partial charge in [0.05, 0.1) is 0 Å². The second-order valence-electron chi connectivity index (χ2n) is 5.04. The number of ketones is 1. The summed E-state index contributed by atoms with van der Waals surface area (Å²) < 4.78 is 1.94. The van der Waals surface area contributed by atoms with E-state index in [0.29, 0.717) is 6.54 Å². The Bertz CT molecular complexity index is 639. The van der Waals surface area contributed by atoms with Gasteiger partial charge in [0.15, 0.2) is 12.4 Å². The Kier molecular flexibility index (Phi) is 4.46. The van der Waals surface area contributed by atoms with Gasteiger partial charge in [-0.15, -0.1) is 0 Å². The van der Waals surface area contributed by atoms with Crippen molar-refractivity contribution in [3.63, 3.8) is 0 Å². The van der Waals surface area contributed by atoms with E-state index in [9.17, 15) is 4.79 Å². The maximum absolute atomic E-state index is 12.2. The van der Waals surface area contributed by atoms with Gasteiger partial charge in [0.25, 0.3) is 0 Å². The molecule has 0 aliphatic heterocycles. The van der Waals surface area contributed by atoms with Crippen molar-refractivity contribution in [2.24, 2.45) is 0 Å². The van der Waals surface area contributed by atoms with Gasteiger partial charge in [-0.25, -0.2) is 0 Å². The first-order chi connectivity index (χ1) is 9.60. The maximum Gasteiger partial charge on any atom is 0.227 e. The van der Waals surface area contributed by atoms with Crippen LogP contribution in [0.5, 0.6) is 0 Å². The van der Waals surface area contributed by atoms with E-state index in [-0.39, 0.29) is 5.78 Å². The zero-order valence-corrected chi connectivity index (χ0v) is 12.3. The average Bonchev–Trinajstić information content (AvgIpc) is 2.43. The summed E-state index contributed by atoms with van der Waals surface area (Å²) in [5, 5.41) is 0. The molecule has 0 aliphatic rings. The minimum absolute atomic E-state index is 0.130. The first kappa shape index (κ1) is 14.2. The lowest BCUT2D eigenvalue weighted by molar-refractivity contribution is -0.683. The largest absolute Gasteiger partial charge is 0.287 e. The number of aromatic nitrogens is 1. The van der Waals surface area contributed by atoms with Crippen LogP contribution in [0.3, 0.4) is 0 Å². The van der Waals surface area contributed by atoms with Crippen molar-refractivity contribution < 1.29 is 9.36 Å². The quantitative estimate of drug-likeness (QED) is 0.613. The molecule has 0 aliphatic carbocycles. The monoisotopic (exact) mass is 266 g/mol. The van der Waals surface area contributed by atoms with E-state index in [1.165, 1.54) is 11.1 Å². The molecule has 2 rings (SSSR count). The van der Waals surface area contributed by atoms with E-state index < -0.39 is 0 Å². The molecule has 2 heteroatoms. The van der Waals surface area contributed by atoms with Crippen LogP contribution in [0.15, 0.2) is 48.8 Å². The molecule has 0 saturated heterocycles. The van der Waals surface area contributed by atoms with E-state index >= 15 is 0 Å². The Morgan fingerprint density at radius 2 is 1.85 bits per heavy atom. The molecule has 102 valence electrons. The van der Waals surface area contributed by atoms with Crippen molar-refractivity contribution in [2.75, 3.05) is 0 Å². The average molecular weight is 266 g/mol. The number of allylic oxidation sites excluding steroid dienone is 1.